The van der Waals surface area contributed by atoms with Crippen LogP contribution < -0.4 is 4.74 Å². The summed E-state index contributed by atoms with van der Waals surface area (Å²) in [5, 5.41) is 0. The first-order valence-electron chi connectivity index (χ1n) is 6.63. The summed E-state index contributed by atoms with van der Waals surface area (Å²) in [6.45, 7) is 0. The second-order valence-electron chi connectivity index (χ2n) is 5.07. The van der Waals surface area contributed by atoms with Gasteiger partial charge in [-0.15, -0.1) is 0 Å². The van der Waals surface area contributed by atoms with E-state index in [0.717, 1.165) is 10.9 Å². The van der Waals surface area contributed by atoms with Crippen LogP contribution >= 0.6 is 15.9 Å². The Balaban J connectivity index is 1.81. The van der Waals surface area contributed by atoms with Crippen LogP contribution in [0.15, 0.2) is 53.0 Å². The van der Waals surface area contributed by atoms with Crippen molar-refractivity contribution >= 4 is 21.7 Å². The van der Waals surface area contributed by atoms with Crippen molar-refractivity contribution in [1.82, 2.24) is 0 Å². The number of rotatable bonds is 4. The SMILES string of the molecule is COc1ccc(Br)c(C(=O)C2CC2c2ccccc2)c1. The van der Waals surface area contributed by atoms with Gasteiger partial charge in [-0.05, 0) is 36.1 Å². The Morgan fingerprint density at radius 2 is 1.95 bits per heavy atom. The Labute approximate surface area is 126 Å². The summed E-state index contributed by atoms with van der Waals surface area (Å²) in [4.78, 5) is 12.6. The van der Waals surface area contributed by atoms with Gasteiger partial charge in [-0.3, -0.25) is 4.79 Å². The molecule has 3 rings (SSSR count). The smallest absolute Gasteiger partial charge is 0.167 e. The third-order valence-corrected chi connectivity index (χ3v) is 4.49. The van der Waals surface area contributed by atoms with Crippen LogP contribution in [-0.4, -0.2) is 12.9 Å². The van der Waals surface area contributed by atoms with Crippen LogP contribution in [0, 0.1) is 5.92 Å². The molecule has 0 amide bonds. The van der Waals surface area contributed by atoms with Crippen molar-refractivity contribution in [3.63, 3.8) is 0 Å². The van der Waals surface area contributed by atoms with Crippen molar-refractivity contribution in [3.05, 3.63) is 64.1 Å². The van der Waals surface area contributed by atoms with Gasteiger partial charge in [-0.1, -0.05) is 46.3 Å². The van der Waals surface area contributed by atoms with Crippen LogP contribution in [0.5, 0.6) is 5.75 Å². The van der Waals surface area contributed by atoms with Gasteiger partial charge in [-0.25, -0.2) is 0 Å². The molecular weight excluding hydrogens is 316 g/mol. The summed E-state index contributed by atoms with van der Waals surface area (Å²) >= 11 is 3.46. The minimum Gasteiger partial charge on any atom is -0.497 e. The van der Waals surface area contributed by atoms with Gasteiger partial charge in [0.05, 0.1) is 7.11 Å². The third kappa shape index (κ3) is 2.50. The fourth-order valence-corrected chi connectivity index (χ4v) is 3.02. The molecule has 1 aliphatic carbocycles. The van der Waals surface area contributed by atoms with E-state index in [-0.39, 0.29) is 11.7 Å². The molecule has 3 heteroatoms. The zero-order valence-corrected chi connectivity index (χ0v) is 12.8. The molecule has 0 aromatic heterocycles. The minimum absolute atomic E-state index is 0.0980. The lowest BCUT2D eigenvalue weighted by Gasteiger charge is -2.06. The number of carbonyl (C=O) groups is 1. The number of benzene rings is 2. The fraction of sp³-hybridized carbons (Fsp3) is 0.235. The van der Waals surface area contributed by atoms with Gasteiger partial charge in [0.25, 0.3) is 0 Å². The highest BCUT2D eigenvalue weighted by Gasteiger charge is 2.44. The molecule has 1 saturated carbocycles. The standard InChI is InChI=1S/C17H15BrO2/c1-20-12-7-8-16(18)15(9-12)17(19)14-10-13(14)11-5-3-2-4-6-11/h2-9,13-14H,10H2,1H3. The van der Waals surface area contributed by atoms with E-state index in [4.69, 9.17) is 4.74 Å². The van der Waals surface area contributed by atoms with Gasteiger partial charge in [-0.2, -0.15) is 0 Å². The second-order valence-corrected chi connectivity index (χ2v) is 5.92. The summed E-state index contributed by atoms with van der Waals surface area (Å²) in [5.74, 6) is 1.38. The molecule has 2 aromatic carbocycles. The Morgan fingerprint density at radius 1 is 1.20 bits per heavy atom. The Kier molecular flexibility index (Phi) is 3.62. The molecule has 2 aromatic rings. The van der Waals surface area contributed by atoms with Gasteiger partial charge < -0.3 is 4.74 Å². The molecule has 1 aliphatic rings. The van der Waals surface area contributed by atoms with E-state index in [2.05, 4.69) is 28.1 Å². The highest BCUT2D eigenvalue weighted by Crippen LogP contribution is 2.49. The minimum atomic E-state index is 0.0980. The van der Waals surface area contributed by atoms with Crippen LogP contribution in [0.2, 0.25) is 0 Å². The van der Waals surface area contributed by atoms with E-state index in [1.54, 1.807) is 7.11 Å². The van der Waals surface area contributed by atoms with Crippen LogP contribution in [0.25, 0.3) is 0 Å². The molecule has 0 radical (unpaired) electrons. The zero-order valence-electron chi connectivity index (χ0n) is 11.2. The van der Waals surface area contributed by atoms with E-state index >= 15 is 0 Å². The van der Waals surface area contributed by atoms with Crippen molar-refractivity contribution in [2.75, 3.05) is 7.11 Å². The summed E-state index contributed by atoms with van der Waals surface area (Å²) in [5.41, 5.74) is 1.97. The van der Waals surface area contributed by atoms with Crippen LogP contribution in [0.4, 0.5) is 0 Å². The number of Topliss-reactive ketones (excluding diaryl/α,β-unsaturated/α-hetero) is 1. The molecule has 0 heterocycles. The maximum absolute atomic E-state index is 12.6. The predicted octanol–water partition coefficient (Wildman–Crippen LogP) is 4.44. The van der Waals surface area contributed by atoms with Gasteiger partial charge in [0.1, 0.15) is 5.75 Å². The van der Waals surface area contributed by atoms with E-state index < -0.39 is 0 Å². The lowest BCUT2D eigenvalue weighted by atomic mass is 10.0. The molecule has 0 aliphatic heterocycles. The fourth-order valence-electron chi connectivity index (χ4n) is 2.57. The van der Waals surface area contributed by atoms with Crippen molar-refractivity contribution in [3.8, 4) is 5.75 Å². The highest BCUT2D eigenvalue weighted by atomic mass is 79.9. The van der Waals surface area contributed by atoms with Crippen molar-refractivity contribution < 1.29 is 9.53 Å². The average molecular weight is 331 g/mol. The van der Waals surface area contributed by atoms with Crippen molar-refractivity contribution in [2.24, 2.45) is 5.92 Å². The topological polar surface area (TPSA) is 26.3 Å². The van der Waals surface area contributed by atoms with E-state index in [1.807, 2.05) is 36.4 Å². The first kappa shape index (κ1) is 13.4. The summed E-state index contributed by atoms with van der Waals surface area (Å²) < 4.78 is 6.03. The van der Waals surface area contributed by atoms with Gasteiger partial charge in [0.15, 0.2) is 5.78 Å². The number of halogens is 1. The average Bonchev–Trinajstić information content (AvgIpc) is 3.28. The lowest BCUT2D eigenvalue weighted by molar-refractivity contribution is 0.0964. The molecular formula is C17H15BrO2. The number of carbonyl (C=O) groups excluding carboxylic acids is 1. The van der Waals surface area contributed by atoms with Crippen molar-refractivity contribution in [1.29, 1.82) is 0 Å². The van der Waals surface area contributed by atoms with Gasteiger partial charge in [0.2, 0.25) is 0 Å². The molecule has 20 heavy (non-hydrogen) atoms. The molecule has 0 saturated heterocycles. The molecule has 0 spiro atoms. The predicted molar refractivity (Wildman–Crippen MR) is 82.3 cm³/mol. The van der Waals surface area contributed by atoms with Gasteiger partial charge >= 0.3 is 0 Å². The van der Waals surface area contributed by atoms with Crippen LogP contribution in [-0.2, 0) is 0 Å². The molecule has 0 N–H and O–H groups in total. The van der Waals surface area contributed by atoms with E-state index in [1.165, 1.54) is 5.56 Å². The summed E-state index contributed by atoms with van der Waals surface area (Å²) in [7, 11) is 1.61. The number of methoxy groups -OCH3 is 1. The van der Waals surface area contributed by atoms with Gasteiger partial charge in [0, 0.05) is 16.0 Å². The highest BCUT2D eigenvalue weighted by molar-refractivity contribution is 9.10. The largest absolute Gasteiger partial charge is 0.497 e. The Bertz CT molecular complexity index is 637. The quantitative estimate of drug-likeness (QED) is 0.774. The molecule has 2 unspecified atom stereocenters. The lowest BCUT2D eigenvalue weighted by Crippen LogP contribution is -2.04. The molecule has 102 valence electrons. The van der Waals surface area contributed by atoms with E-state index in [0.29, 0.717) is 17.2 Å². The molecule has 1 fully saturated rings. The summed E-state index contributed by atoms with van der Waals surface area (Å²) in [6, 6.07) is 15.8. The monoisotopic (exact) mass is 330 g/mol. The number of hydrogen-bond donors (Lipinski definition) is 0. The normalized spacial score (nSPS) is 20.5. The third-order valence-electron chi connectivity index (χ3n) is 3.79. The summed E-state index contributed by atoms with van der Waals surface area (Å²) in [6.07, 6.45) is 0.937. The first-order chi connectivity index (χ1) is 9.70. The number of hydrogen-bond acceptors (Lipinski definition) is 2. The van der Waals surface area contributed by atoms with Crippen LogP contribution in [0.3, 0.4) is 0 Å². The maximum atomic E-state index is 12.6. The maximum Gasteiger partial charge on any atom is 0.167 e. The number of ether oxygens (including phenoxy) is 1. The number of ketones is 1. The molecule has 0 bridgehead atoms. The Morgan fingerprint density at radius 3 is 2.65 bits per heavy atom. The first-order valence-corrected chi connectivity index (χ1v) is 7.42. The molecule has 2 nitrogen and oxygen atoms in total. The zero-order chi connectivity index (χ0) is 14.1. The van der Waals surface area contributed by atoms with Crippen LogP contribution in [0.1, 0.15) is 28.3 Å². The van der Waals surface area contributed by atoms with E-state index in [9.17, 15) is 4.79 Å². The second kappa shape index (κ2) is 5.41. The molecule has 2 atom stereocenters. The Hall–Kier alpha value is -1.61. The van der Waals surface area contributed by atoms with Crippen molar-refractivity contribution in [2.45, 2.75) is 12.3 Å².